The predicted molar refractivity (Wildman–Crippen MR) is 155 cm³/mol. The Balaban J connectivity index is 0.000000239. The number of rotatable bonds is 2. The third-order valence-electron chi connectivity index (χ3n) is 6.82. The van der Waals surface area contributed by atoms with Crippen LogP contribution < -0.4 is 0 Å². The Morgan fingerprint density at radius 2 is 1.51 bits per heavy atom. The van der Waals surface area contributed by atoms with E-state index in [2.05, 4.69) is 89.9 Å². The van der Waals surface area contributed by atoms with Gasteiger partial charge in [0.15, 0.2) is 0 Å². The van der Waals surface area contributed by atoms with E-state index in [-0.39, 0.29) is 25.8 Å². The molecule has 8 rings (SSSR count). The number of thiophene rings is 1. The number of aromatic carboxylic acids is 1. The van der Waals surface area contributed by atoms with Crippen LogP contribution >= 0.6 is 11.3 Å². The minimum absolute atomic E-state index is 0. The van der Waals surface area contributed by atoms with Gasteiger partial charge in [-0.25, -0.2) is 9.78 Å². The van der Waals surface area contributed by atoms with Crippen LogP contribution in [0.15, 0.2) is 109 Å². The summed E-state index contributed by atoms with van der Waals surface area (Å²) in [6.45, 7) is 0. The normalized spacial score (nSPS) is 11.1. The molecule has 4 aromatic carbocycles. The van der Waals surface area contributed by atoms with E-state index in [1.165, 1.54) is 60.1 Å². The first-order chi connectivity index (χ1) is 18.7. The summed E-state index contributed by atoms with van der Waals surface area (Å²) in [4.78, 5) is 18.8. The van der Waals surface area contributed by atoms with E-state index in [1.54, 1.807) is 12.1 Å². The molecule has 0 unspecified atom stereocenters. The number of hydrogen-bond acceptors (Lipinski definition) is 4. The Labute approximate surface area is 242 Å². The second kappa shape index (κ2) is 10.2. The molecule has 1 N–H and O–H groups in total. The molecule has 0 fully saturated rings. The fourth-order valence-electron chi connectivity index (χ4n) is 5.18. The number of benzene rings is 4. The van der Waals surface area contributed by atoms with Gasteiger partial charge < -0.3 is 5.11 Å². The average Bonchev–Trinajstić information content (AvgIpc) is 3.51. The summed E-state index contributed by atoms with van der Waals surface area (Å²) >= 11 is 1.83. The molecule has 1 radical (unpaired) electrons. The van der Waals surface area contributed by atoms with Gasteiger partial charge in [0.05, 0.1) is 5.52 Å². The molecule has 0 saturated heterocycles. The fourth-order valence-corrected chi connectivity index (χ4v) is 6.38. The molecule has 0 saturated carbocycles. The van der Waals surface area contributed by atoms with Gasteiger partial charge in [0.25, 0.3) is 0 Å². The summed E-state index contributed by atoms with van der Waals surface area (Å²) in [5.41, 5.74) is 8.39. The molecule has 0 bridgehead atoms. The number of carbonyl (C=O) groups is 1. The minimum atomic E-state index is -0.990. The van der Waals surface area contributed by atoms with Crippen LogP contribution in [0.4, 0.5) is 0 Å². The maximum absolute atomic E-state index is 10.1. The molecule has 0 atom stereocenters. The van der Waals surface area contributed by atoms with Crippen LogP contribution in [0.25, 0.3) is 64.6 Å². The van der Waals surface area contributed by atoms with Crippen LogP contribution in [-0.2, 0) is 20.1 Å². The monoisotopic (exact) mass is 700 g/mol. The van der Waals surface area contributed by atoms with Crippen LogP contribution in [0.5, 0.6) is 0 Å². The van der Waals surface area contributed by atoms with Crippen LogP contribution in [0.3, 0.4) is 0 Å². The van der Waals surface area contributed by atoms with E-state index in [9.17, 15) is 4.79 Å². The quantitative estimate of drug-likeness (QED) is 0.184. The maximum atomic E-state index is 10.1. The molecule has 39 heavy (non-hydrogen) atoms. The molecule has 0 aliphatic heterocycles. The van der Waals surface area contributed by atoms with E-state index in [4.69, 9.17) is 10.1 Å². The first kappa shape index (κ1) is 25.1. The number of aromatic nitrogens is 2. The Hall–Kier alpha value is -4.22. The van der Waals surface area contributed by atoms with Crippen molar-refractivity contribution >= 4 is 48.4 Å². The van der Waals surface area contributed by atoms with E-state index in [0.29, 0.717) is 0 Å². The molecule has 1 aliphatic rings. The zero-order chi connectivity index (χ0) is 25.6. The van der Waals surface area contributed by atoms with Crippen molar-refractivity contribution in [3.05, 3.63) is 121 Å². The SMILES string of the molecule is O=C(O)c1ccccn1.[Ir].[c-]1ccc2c(sc3ccccc32)c1-c1cc2c3c(cccc3n1)-c1ccccc1-2. The van der Waals surface area contributed by atoms with Crippen LogP contribution in [0, 0.1) is 6.07 Å². The zero-order valence-electron chi connectivity index (χ0n) is 20.4. The predicted octanol–water partition coefficient (Wildman–Crippen LogP) is 8.49. The van der Waals surface area contributed by atoms with Gasteiger partial charge in [-0.3, -0.25) is 4.98 Å². The first-order valence-electron chi connectivity index (χ1n) is 12.2. The first-order valence-corrected chi connectivity index (χ1v) is 13.0. The number of fused-ring (bicyclic) bond motifs is 6. The van der Waals surface area contributed by atoms with Gasteiger partial charge in [-0.05, 0) is 62.3 Å². The van der Waals surface area contributed by atoms with Crippen LogP contribution in [0.1, 0.15) is 10.5 Å². The minimum Gasteiger partial charge on any atom is -0.477 e. The van der Waals surface area contributed by atoms with Crippen molar-refractivity contribution in [2.24, 2.45) is 0 Å². The molecular formula is C33H19IrN2O2S-. The Morgan fingerprint density at radius 1 is 0.769 bits per heavy atom. The Bertz CT molecular complexity index is 2020. The van der Waals surface area contributed by atoms with Crippen molar-refractivity contribution in [2.45, 2.75) is 0 Å². The van der Waals surface area contributed by atoms with Crippen molar-refractivity contribution in [1.82, 2.24) is 9.97 Å². The van der Waals surface area contributed by atoms with E-state index >= 15 is 0 Å². The van der Waals surface area contributed by atoms with Crippen molar-refractivity contribution in [3.63, 3.8) is 0 Å². The van der Waals surface area contributed by atoms with Gasteiger partial charge in [-0.15, -0.1) is 23.8 Å². The van der Waals surface area contributed by atoms with Crippen LogP contribution in [-0.4, -0.2) is 21.0 Å². The molecule has 7 aromatic rings. The molecule has 1 aliphatic carbocycles. The number of carboxylic acid groups (broad SMARTS) is 1. The second-order valence-electron chi connectivity index (χ2n) is 9.01. The summed E-state index contributed by atoms with van der Waals surface area (Å²) in [7, 11) is 0. The van der Waals surface area contributed by atoms with Crippen molar-refractivity contribution in [3.8, 4) is 33.5 Å². The smallest absolute Gasteiger partial charge is 0.354 e. The van der Waals surface area contributed by atoms with Gasteiger partial charge in [-0.1, -0.05) is 72.1 Å². The van der Waals surface area contributed by atoms with Gasteiger partial charge in [0.2, 0.25) is 0 Å². The van der Waals surface area contributed by atoms with Gasteiger partial charge in [0, 0.05) is 36.4 Å². The number of nitrogens with zero attached hydrogens (tertiary/aromatic N) is 2. The summed E-state index contributed by atoms with van der Waals surface area (Å²) in [5.74, 6) is -0.990. The Morgan fingerprint density at radius 3 is 2.28 bits per heavy atom. The largest absolute Gasteiger partial charge is 0.477 e. The van der Waals surface area contributed by atoms with Gasteiger partial charge in [-0.2, -0.15) is 11.3 Å². The van der Waals surface area contributed by atoms with Gasteiger partial charge in [0.1, 0.15) is 5.69 Å². The molecular weight excluding hydrogens is 681 g/mol. The third kappa shape index (κ3) is 4.23. The topological polar surface area (TPSA) is 63.1 Å². The summed E-state index contributed by atoms with van der Waals surface area (Å²) in [6.07, 6.45) is 1.45. The van der Waals surface area contributed by atoms with E-state index in [0.717, 1.165) is 16.8 Å². The molecule has 3 aromatic heterocycles. The fraction of sp³-hybridized carbons (Fsp3) is 0. The zero-order valence-corrected chi connectivity index (χ0v) is 23.6. The maximum Gasteiger partial charge on any atom is 0.354 e. The molecule has 3 heterocycles. The number of pyridine rings is 2. The van der Waals surface area contributed by atoms with E-state index < -0.39 is 5.97 Å². The number of hydrogen-bond donors (Lipinski definition) is 1. The van der Waals surface area contributed by atoms with Gasteiger partial charge >= 0.3 is 5.97 Å². The molecule has 0 amide bonds. The van der Waals surface area contributed by atoms with Crippen molar-refractivity contribution in [2.75, 3.05) is 0 Å². The second-order valence-corrected chi connectivity index (χ2v) is 10.1. The summed E-state index contributed by atoms with van der Waals surface area (Å²) in [6, 6.07) is 38.4. The Kier molecular flexibility index (Phi) is 6.53. The van der Waals surface area contributed by atoms with Crippen LogP contribution in [0.2, 0.25) is 0 Å². The molecule has 0 spiro atoms. The van der Waals surface area contributed by atoms with Crippen molar-refractivity contribution in [1.29, 1.82) is 0 Å². The summed E-state index contributed by atoms with van der Waals surface area (Å²) < 4.78 is 2.57. The third-order valence-corrected chi connectivity index (χ3v) is 8.02. The summed E-state index contributed by atoms with van der Waals surface area (Å²) in [5, 5.41) is 12.2. The number of carboxylic acids is 1. The molecule has 4 nitrogen and oxygen atoms in total. The molecule has 6 heteroatoms. The van der Waals surface area contributed by atoms with Crippen molar-refractivity contribution < 1.29 is 30.0 Å². The average molecular weight is 700 g/mol. The molecule has 189 valence electrons. The standard InChI is InChI=1S/C27H14NS.C6H5NO2.Ir/c1-2-8-17-16(7-1)19-10-6-13-23-26(19)22(17)15-24(28-23)21-12-5-11-20-18-9-3-4-14-25(18)29-27(20)21;8-6(9)5-3-1-2-4-7-5;/h1-11,13-15H;1-4H,(H,8,9);/q-1;;. The van der Waals surface area contributed by atoms with E-state index in [1.807, 2.05) is 17.4 Å².